The Morgan fingerprint density at radius 3 is 2.10 bits per heavy atom. The number of anilines is 1. The standard InChI is InChI=1S/C13H18N2O.C10H11F3.C2H6/c1-10(2)11-4-3-5-12(8-11)15-7-6-14-9-13(15)16;1-7(2)8-5-3-4-6-9(8)10(11,12)13;1-2/h3-5,8,10,14H,6-7,9H2,1-2H3;3-7H,1-2H3;1-2H3. The highest BCUT2D eigenvalue weighted by Gasteiger charge is 2.33. The molecule has 2 aromatic carbocycles. The van der Waals surface area contributed by atoms with Gasteiger partial charge in [0.2, 0.25) is 5.91 Å². The van der Waals surface area contributed by atoms with E-state index >= 15 is 0 Å². The zero-order valence-corrected chi connectivity index (χ0v) is 19.4. The van der Waals surface area contributed by atoms with Crippen LogP contribution in [0.4, 0.5) is 18.9 Å². The smallest absolute Gasteiger partial charge is 0.310 e. The number of alkyl halides is 3. The fourth-order valence-electron chi connectivity index (χ4n) is 3.19. The lowest BCUT2D eigenvalue weighted by Crippen LogP contribution is -2.48. The Morgan fingerprint density at radius 2 is 1.58 bits per heavy atom. The second-order valence-corrected chi connectivity index (χ2v) is 7.71. The van der Waals surface area contributed by atoms with E-state index < -0.39 is 11.7 Å². The molecule has 3 rings (SSSR count). The minimum Gasteiger partial charge on any atom is -0.310 e. The van der Waals surface area contributed by atoms with Crippen molar-refractivity contribution in [1.29, 1.82) is 0 Å². The number of hydrogen-bond acceptors (Lipinski definition) is 2. The third-order valence-corrected chi connectivity index (χ3v) is 4.83. The van der Waals surface area contributed by atoms with Crippen molar-refractivity contribution in [3.05, 3.63) is 65.2 Å². The highest BCUT2D eigenvalue weighted by atomic mass is 19.4. The van der Waals surface area contributed by atoms with E-state index in [0.717, 1.165) is 24.8 Å². The molecule has 1 saturated heterocycles. The van der Waals surface area contributed by atoms with Gasteiger partial charge < -0.3 is 10.2 Å². The number of carbonyl (C=O) groups is 1. The number of piperazine rings is 1. The lowest BCUT2D eigenvalue weighted by molar-refractivity contribution is -0.138. The molecule has 1 aliphatic heterocycles. The number of carbonyl (C=O) groups excluding carboxylic acids is 1. The molecule has 0 unspecified atom stereocenters. The van der Waals surface area contributed by atoms with Gasteiger partial charge in [-0.25, -0.2) is 0 Å². The maximum Gasteiger partial charge on any atom is 0.416 e. The lowest BCUT2D eigenvalue weighted by atomic mass is 9.97. The molecule has 1 heterocycles. The molecular weight excluding hydrogens is 401 g/mol. The summed E-state index contributed by atoms with van der Waals surface area (Å²) in [6.45, 7) is 13.9. The molecule has 0 radical (unpaired) electrons. The van der Waals surface area contributed by atoms with E-state index in [9.17, 15) is 18.0 Å². The largest absolute Gasteiger partial charge is 0.416 e. The number of halogens is 3. The molecule has 0 saturated carbocycles. The van der Waals surface area contributed by atoms with Crippen molar-refractivity contribution in [3.63, 3.8) is 0 Å². The molecule has 0 atom stereocenters. The van der Waals surface area contributed by atoms with Crippen LogP contribution in [0.5, 0.6) is 0 Å². The zero-order valence-electron chi connectivity index (χ0n) is 19.4. The maximum atomic E-state index is 12.4. The maximum absolute atomic E-state index is 12.4. The number of nitrogens with one attached hydrogen (secondary N) is 1. The van der Waals surface area contributed by atoms with E-state index in [0.29, 0.717) is 18.0 Å². The summed E-state index contributed by atoms with van der Waals surface area (Å²) < 4.78 is 37.2. The van der Waals surface area contributed by atoms with Crippen LogP contribution in [0.3, 0.4) is 0 Å². The quantitative estimate of drug-likeness (QED) is 0.588. The highest BCUT2D eigenvalue weighted by Crippen LogP contribution is 2.34. The second kappa shape index (κ2) is 12.5. The van der Waals surface area contributed by atoms with Gasteiger partial charge in [-0.1, -0.05) is 71.9 Å². The van der Waals surface area contributed by atoms with Crippen LogP contribution in [0.1, 0.15) is 70.1 Å². The van der Waals surface area contributed by atoms with Crippen LogP contribution in [-0.4, -0.2) is 25.5 Å². The Bertz CT molecular complexity index is 816. The monoisotopic (exact) mass is 436 g/mol. The molecule has 1 N–H and O–H groups in total. The third kappa shape index (κ3) is 8.02. The molecule has 0 bridgehead atoms. The molecule has 0 aliphatic carbocycles. The van der Waals surface area contributed by atoms with Gasteiger partial charge in [-0.3, -0.25) is 4.79 Å². The molecule has 1 fully saturated rings. The normalized spacial score (nSPS) is 14.0. The number of amides is 1. The molecular formula is C25H35F3N2O. The van der Waals surface area contributed by atoms with Gasteiger partial charge in [0, 0.05) is 18.8 Å². The van der Waals surface area contributed by atoms with Gasteiger partial charge in [0.25, 0.3) is 0 Å². The predicted molar refractivity (Wildman–Crippen MR) is 123 cm³/mol. The Hall–Kier alpha value is -2.34. The molecule has 172 valence electrons. The lowest BCUT2D eigenvalue weighted by Gasteiger charge is -2.28. The van der Waals surface area contributed by atoms with E-state index in [2.05, 4.69) is 31.3 Å². The highest BCUT2D eigenvalue weighted by molar-refractivity contribution is 5.95. The fourth-order valence-corrected chi connectivity index (χ4v) is 3.19. The fraction of sp³-hybridized carbons (Fsp3) is 0.480. The van der Waals surface area contributed by atoms with Crippen LogP contribution >= 0.6 is 0 Å². The number of nitrogens with zero attached hydrogens (tertiary/aromatic N) is 1. The van der Waals surface area contributed by atoms with Crippen LogP contribution in [-0.2, 0) is 11.0 Å². The van der Waals surface area contributed by atoms with E-state index in [4.69, 9.17) is 0 Å². The number of benzene rings is 2. The molecule has 1 aliphatic rings. The summed E-state index contributed by atoms with van der Waals surface area (Å²) in [6, 6.07) is 14.0. The topological polar surface area (TPSA) is 32.3 Å². The van der Waals surface area contributed by atoms with Crippen LogP contribution < -0.4 is 10.2 Å². The molecule has 3 nitrogen and oxygen atoms in total. The Balaban J connectivity index is 0.000000293. The molecule has 1 amide bonds. The summed E-state index contributed by atoms with van der Waals surface area (Å²) in [5.74, 6) is 0.558. The second-order valence-electron chi connectivity index (χ2n) is 7.71. The summed E-state index contributed by atoms with van der Waals surface area (Å²) in [7, 11) is 0. The van der Waals surface area contributed by atoms with Gasteiger partial charge in [-0.2, -0.15) is 13.2 Å². The summed E-state index contributed by atoms with van der Waals surface area (Å²) >= 11 is 0. The molecule has 6 heteroatoms. The van der Waals surface area contributed by atoms with E-state index in [1.807, 2.05) is 30.9 Å². The van der Waals surface area contributed by atoms with Crippen LogP contribution in [0.15, 0.2) is 48.5 Å². The van der Waals surface area contributed by atoms with Crippen molar-refractivity contribution < 1.29 is 18.0 Å². The first-order valence-corrected chi connectivity index (χ1v) is 10.9. The van der Waals surface area contributed by atoms with E-state index in [1.165, 1.54) is 17.7 Å². The average molecular weight is 437 g/mol. The molecule has 2 aromatic rings. The SMILES string of the molecule is CC.CC(C)c1cccc(N2CCNCC2=O)c1.CC(C)c1ccccc1C(F)(F)F. The van der Waals surface area contributed by atoms with Crippen LogP contribution in [0.2, 0.25) is 0 Å². The van der Waals surface area contributed by atoms with Crippen molar-refractivity contribution in [2.45, 2.75) is 59.6 Å². The Kier molecular flexibility index (Phi) is 10.8. The first-order chi connectivity index (χ1) is 14.6. The molecule has 0 spiro atoms. The van der Waals surface area contributed by atoms with Crippen molar-refractivity contribution >= 4 is 11.6 Å². The van der Waals surface area contributed by atoms with Gasteiger partial charge in [-0.05, 0) is 41.2 Å². The summed E-state index contributed by atoms with van der Waals surface area (Å²) in [5.41, 5.74) is 2.14. The molecule has 0 aromatic heterocycles. The molecule has 31 heavy (non-hydrogen) atoms. The Morgan fingerprint density at radius 1 is 0.935 bits per heavy atom. The Labute approximate surface area is 184 Å². The van der Waals surface area contributed by atoms with Crippen molar-refractivity contribution in [1.82, 2.24) is 5.32 Å². The van der Waals surface area contributed by atoms with Gasteiger partial charge in [-0.15, -0.1) is 0 Å². The number of rotatable bonds is 3. The minimum atomic E-state index is -4.24. The predicted octanol–water partition coefficient (Wildman–Crippen LogP) is 6.60. The van der Waals surface area contributed by atoms with Crippen molar-refractivity contribution in [2.75, 3.05) is 24.5 Å². The van der Waals surface area contributed by atoms with E-state index in [1.54, 1.807) is 19.9 Å². The van der Waals surface area contributed by atoms with Gasteiger partial charge >= 0.3 is 6.18 Å². The van der Waals surface area contributed by atoms with Crippen molar-refractivity contribution in [3.8, 4) is 0 Å². The van der Waals surface area contributed by atoms with Gasteiger partial charge in [0.1, 0.15) is 0 Å². The zero-order chi connectivity index (χ0) is 23.6. The average Bonchev–Trinajstić information content (AvgIpc) is 2.75. The van der Waals surface area contributed by atoms with Gasteiger partial charge in [0.15, 0.2) is 0 Å². The summed E-state index contributed by atoms with van der Waals surface area (Å²) in [4.78, 5) is 13.6. The third-order valence-electron chi connectivity index (χ3n) is 4.83. The van der Waals surface area contributed by atoms with E-state index in [-0.39, 0.29) is 11.8 Å². The van der Waals surface area contributed by atoms with Crippen molar-refractivity contribution in [2.24, 2.45) is 0 Å². The summed E-state index contributed by atoms with van der Waals surface area (Å²) in [5, 5.41) is 3.08. The summed E-state index contributed by atoms with van der Waals surface area (Å²) in [6.07, 6.45) is -4.24. The number of hydrogen-bond donors (Lipinski definition) is 1. The minimum absolute atomic E-state index is 0.0992. The first kappa shape index (κ1) is 26.7. The first-order valence-electron chi connectivity index (χ1n) is 10.9. The van der Waals surface area contributed by atoms with Crippen LogP contribution in [0, 0.1) is 0 Å². The van der Waals surface area contributed by atoms with Gasteiger partial charge in [0.05, 0.1) is 12.1 Å². The van der Waals surface area contributed by atoms with Crippen LogP contribution in [0.25, 0.3) is 0 Å².